The minimum Gasteiger partial charge on any atom is -0.493 e. The molecular formula is C20H25NO3. The number of rotatable bonds is 8. The van der Waals surface area contributed by atoms with Gasteiger partial charge in [-0.1, -0.05) is 43.3 Å². The van der Waals surface area contributed by atoms with Gasteiger partial charge in [-0.25, -0.2) is 0 Å². The number of carbonyl (C=O) groups excluding carboxylic acids is 1. The van der Waals surface area contributed by atoms with E-state index in [4.69, 9.17) is 9.47 Å². The van der Waals surface area contributed by atoms with E-state index in [1.807, 2.05) is 60.4 Å². The first-order chi connectivity index (χ1) is 11.6. The molecule has 2 aromatic carbocycles. The van der Waals surface area contributed by atoms with Gasteiger partial charge in [-0.15, -0.1) is 0 Å². The van der Waals surface area contributed by atoms with Crippen molar-refractivity contribution in [2.24, 2.45) is 0 Å². The lowest BCUT2D eigenvalue weighted by Crippen LogP contribution is -2.35. The highest BCUT2D eigenvalue weighted by atomic mass is 16.5. The van der Waals surface area contributed by atoms with Crippen LogP contribution in [0.2, 0.25) is 0 Å². The van der Waals surface area contributed by atoms with Gasteiger partial charge in [-0.05, 0) is 36.6 Å². The van der Waals surface area contributed by atoms with E-state index in [-0.39, 0.29) is 12.5 Å². The maximum Gasteiger partial charge on any atom is 0.260 e. The number of carbonyl (C=O) groups is 1. The molecule has 0 unspecified atom stereocenters. The van der Waals surface area contributed by atoms with Crippen molar-refractivity contribution in [3.8, 4) is 11.5 Å². The first-order valence-corrected chi connectivity index (χ1v) is 8.23. The monoisotopic (exact) mass is 327 g/mol. The summed E-state index contributed by atoms with van der Waals surface area (Å²) < 4.78 is 11.0. The van der Waals surface area contributed by atoms with Gasteiger partial charge >= 0.3 is 0 Å². The van der Waals surface area contributed by atoms with Crippen molar-refractivity contribution in [2.45, 2.75) is 26.8 Å². The lowest BCUT2D eigenvalue weighted by Gasteiger charge is -2.22. The molecule has 0 N–H and O–H groups in total. The number of aryl methyl sites for hydroxylation is 1. The molecular weight excluding hydrogens is 302 g/mol. The summed E-state index contributed by atoms with van der Waals surface area (Å²) in [6.45, 7) is 5.37. The summed E-state index contributed by atoms with van der Waals surface area (Å²) in [5.74, 6) is 1.21. The van der Waals surface area contributed by atoms with Crippen LogP contribution >= 0.6 is 0 Å². The summed E-state index contributed by atoms with van der Waals surface area (Å²) in [5.41, 5.74) is 2.20. The summed E-state index contributed by atoms with van der Waals surface area (Å²) in [4.78, 5) is 14.4. The van der Waals surface area contributed by atoms with E-state index >= 15 is 0 Å². The van der Waals surface area contributed by atoms with Crippen LogP contribution < -0.4 is 9.47 Å². The number of ether oxygens (including phenoxy) is 2. The maximum atomic E-state index is 12.5. The zero-order valence-electron chi connectivity index (χ0n) is 14.6. The number of nitrogens with zero attached hydrogens (tertiary/aromatic N) is 1. The highest BCUT2D eigenvalue weighted by molar-refractivity contribution is 5.77. The van der Waals surface area contributed by atoms with Crippen LogP contribution in [0.25, 0.3) is 0 Å². The van der Waals surface area contributed by atoms with Crippen LogP contribution in [0.3, 0.4) is 0 Å². The maximum absolute atomic E-state index is 12.5. The molecule has 0 aromatic heterocycles. The molecule has 24 heavy (non-hydrogen) atoms. The van der Waals surface area contributed by atoms with E-state index in [0.29, 0.717) is 24.6 Å². The van der Waals surface area contributed by atoms with Crippen molar-refractivity contribution < 1.29 is 14.3 Å². The first-order valence-electron chi connectivity index (χ1n) is 8.23. The van der Waals surface area contributed by atoms with Gasteiger partial charge in [0.2, 0.25) is 0 Å². The van der Waals surface area contributed by atoms with Crippen LogP contribution in [0.1, 0.15) is 24.5 Å². The van der Waals surface area contributed by atoms with E-state index in [1.54, 1.807) is 7.11 Å². The number of hydrogen-bond acceptors (Lipinski definition) is 3. The fourth-order valence-electron chi connectivity index (χ4n) is 2.49. The smallest absolute Gasteiger partial charge is 0.260 e. The minimum absolute atomic E-state index is 0.00620. The average molecular weight is 327 g/mol. The van der Waals surface area contributed by atoms with E-state index in [9.17, 15) is 4.79 Å². The van der Waals surface area contributed by atoms with Crippen LogP contribution in [0.15, 0.2) is 48.5 Å². The molecule has 2 aromatic rings. The van der Waals surface area contributed by atoms with Crippen LogP contribution in [0.4, 0.5) is 0 Å². The van der Waals surface area contributed by atoms with Gasteiger partial charge in [-0.2, -0.15) is 0 Å². The highest BCUT2D eigenvalue weighted by Gasteiger charge is 2.15. The molecule has 4 heteroatoms. The first kappa shape index (κ1) is 17.9. The molecule has 0 spiro atoms. The van der Waals surface area contributed by atoms with Gasteiger partial charge in [0.05, 0.1) is 7.11 Å². The Morgan fingerprint density at radius 3 is 2.50 bits per heavy atom. The van der Waals surface area contributed by atoms with E-state index in [2.05, 4.69) is 6.92 Å². The Bertz CT molecular complexity index is 655. The molecule has 0 saturated heterocycles. The van der Waals surface area contributed by atoms with Crippen molar-refractivity contribution in [1.82, 2.24) is 4.90 Å². The fourth-order valence-corrected chi connectivity index (χ4v) is 2.49. The normalized spacial score (nSPS) is 10.3. The quantitative estimate of drug-likeness (QED) is 0.740. The summed E-state index contributed by atoms with van der Waals surface area (Å²) in [5, 5.41) is 0. The van der Waals surface area contributed by atoms with Crippen LogP contribution in [0.5, 0.6) is 11.5 Å². The third-order valence-corrected chi connectivity index (χ3v) is 3.73. The highest BCUT2D eigenvalue weighted by Crippen LogP contribution is 2.27. The molecule has 0 heterocycles. The van der Waals surface area contributed by atoms with Gasteiger partial charge in [0.25, 0.3) is 5.91 Å². The van der Waals surface area contributed by atoms with Crippen LogP contribution in [0, 0.1) is 6.92 Å². The molecule has 0 saturated carbocycles. The molecule has 0 fully saturated rings. The molecule has 2 rings (SSSR count). The topological polar surface area (TPSA) is 38.8 Å². The summed E-state index contributed by atoms with van der Waals surface area (Å²) in [6, 6.07) is 15.7. The van der Waals surface area contributed by atoms with E-state index in [0.717, 1.165) is 17.5 Å². The Morgan fingerprint density at radius 2 is 1.83 bits per heavy atom. The summed E-state index contributed by atoms with van der Waals surface area (Å²) in [7, 11) is 1.60. The average Bonchev–Trinajstić information content (AvgIpc) is 2.60. The zero-order chi connectivity index (χ0) is 17.4. The standard InChI is InChI=1S/C20H25NO3/c1-4-12-21(14-17-8-6-5-7-9-17)20(22)15-24-18-11-10-16(2)13-19(18)23-3/h5-11,13H,4,12,14-15H2,1-3H3. The Balaban J connectivity index is 2.00. The molecule has 0 aliphatic heterocycles. The number of hydrogen-bond donors (Lipinski definition) is 0. The van der Waals surface area contributed by atoms with Gasteiger partial charge in [-0.3, -0.25) is 4.79 Å². The lowest BCUT2D eigenvalue weighted by atomic mass is 10.2. The van der Waals surface area contributed by atoms with Crippen molar-refractivity contribution >= 4 is 5.91 Å². The Labute approximate surface area is 144 Å². The third-order valence-electron chi connectivity index (χ3n) is 3.73. The second kappa shape index (κ2) is 8.96. The van der Waals surface area contributed by atoms with E-state index < -0.39 is 0 Å². The van der Waals surface area contributed by atoms with Gasteiger partial charge < -0.3 is 14.4 Å². The number of methoxy groups -OCH3 is 1. The summed E-state index contributed by atoms with van der Waals surface area (Å²) in [6.07, 6.45) is 0.909. The predicted octanol–water partition coefficient (Wildman–Crippen LogP) is 3.82. The molecule has 128 valence electrons. The Kier molecular flexibility index (Phi) is 6.67. The van der Waals surface area contributed by atoms with Crippen LogP contribution in [-0.2, 0) is 11.3 Å². The Morgan fingerprint density at radius 1 is 1.08 bits per heavy atom. The second-order valence-corrected chi connectivity index (χ2v) is 5.74. The van der Waals surface area contributed by atoms with Crippen molar-refractivity contribution in [1.29, 1.82) is 0 Å². The van der Waals surface area contributed by atoms with Crippen molar-refractivity contribution in [3.05, 3.63) is 59.7 Å². The zero-order valence-corrected chi connectivity index (χ0v) is 14.6. The molecule has 0 aliphatic carbocycles. The third kappa shape index (κ3) is 5.01. The van der Waals surface area contributed by atoms with Crippen LogP contribution in [-0.4, -0.2) is 31.1 Å². The fraction of sp³-hybridized carbons (Fsp3) is 0.350. The number of benzene rings is 2. The lowest BCUT2D eigenvalue weighted by molar-refractivity contribution is -0.134. The second-order valence-electron chi connectivity index (χ2n) is 5.74. The predicted molar refractivity (Wildman–Crippen MR) is 95.4 cm³/mol. The van der Waals surface area contributed by atoms with Gasteiger partial charge in [0.15, 0.2) is 18.1 Å². The largest absolute Gasteiger partial charge is 0.493 e. The minimum atomic E-state index is -0.0247. The molecule has 0 aliphatic rings. The van der Waals surface area contributed by atoms with Crippen molar-refractivity contribution in [3.63, 3.8) is 0 Å². The summed E-state index contributed by atoms with van der Waals surface area (Å²) >= 11 is 0. The molecule has 4 nitrogen and oxygen atoms in total. The Hall–Kier alpha value is -2.49. The molecule has 0 bridgehead atoms. The van der Waals surface area contributed by atoms with E-state index in [1.165, 1.54) is 0 Å². The van der Waals surface area contributed by atoms with Gasteiger partial charge in [0, 0.05) is 13.1 Å². The SMILES string of the molecule is CCCN(Cc1ccccc1)C(=O)COc1ccc(C)cc1OC. The number of amides is 1. The molecule has 0 atom stereocenters. The van der Waals surface area contributed by atoms with Crippen molar-refractivity contribution in [2.75, 3.05) is 20.3 Å². The van der Waals surface area contributed by atoms with Gasteiger partial charge in [0.1, 0.15) is 0 Å². The molecule has 0 radical (unpaired) electrons. The molecule has 1 amide bonds.